The van der Waals surface area contributed by atoms with Crippen LogP contribution in [0.25, 0.3) is 42.2 Å². The van der Waals surface area contributed by atoms with E-state index in [1.165, 1.54) is 36.7 Å². The van der Waals surface area contributed by atoms with E-state index in [0.29, 0.717) is 90.0 Å². The Morgan fingerprint density at radius 3 is 2.35 bits per heavy atom. The van der Waals surface area contributed by atoms with E-state index in [2.05, 4.69) is 33.1 Å². The van der Waals surface area contributed by atoms with Crippen LogP contribution >= 0.6 is 11.3 Å². The van der Waals surface area contributed by atoms with E-state index in [0.717, 1.165) is 29.8 Å². The number of piperazine rings is 1. The summed E-state index contributed by atoms with van der Waals surface area (Å²) < 4.78 is 18.5. The van der Waals surface area contributed by atoms with E-state index in [-0.39, 0.29) is 106 Å². The molecule has 7 N–H and O–H groups in total. The van der Waals surface area contributed by atoms with Crippen LogP contribution in [0.15, 0.2) is 100.0 Å². The number of carbonyl (C=O) groups excluding carboxylic acids is 7. The molecule has 0 saturated carbocycles. The molecule has 4 aromatic carbocycles. The zero-order valence-corrected chi connectivity index (χ0v) is 51.6. The number of phenolic OH excluding ortho intramolecular Hbond substituents is 1. The molecule has 4 aliphatic rings. The lowest BCUT2D eigenvalue weighted by Gasteiger charge is -2.35. The Morgan fingerprint density at radius 2 is 1.62 bits per heavy atom. The van der Waals surface area contributed by atoms with Crippen molar-refractivity contribution in [1.29, 1.82) is 0 Å². The molecule has 4 unspecified atom stereocenters. The molecule has 470 valence electrons. The first kappa shape index (κ1) is 64.4. The zero-order valence-electron chi connectivity index (χ0n) is 50.8. The maximum Gasteiger partial charge on any atom is 0.410 e. The molecule has 1 saturated heterocycles. The van der Waals surface area contributed by atoms with Crippen LogP contribution in [0.3, 0.4) is 0 Å². The molecule has 5 bridgehead atoms. The van der Waals surface area contributed by atoms with Crippen LogP contribution in [0, 0.1) is 24.7 Å². The predicted octanol–water partition coefficient (Wildman–Crippen LogP) is 9.50. The molecule has 2 aromatic heterocycles. The minimum Gasteiger partial charge on any atom is -0.505 e. The minimum atomic E-state index is -0.874. The number of allylic oxidation sites excluding steroid dienone is 4. The first-order chi connectivity index (χ1) is 42.7. The molecule has 0 spiro atoms. The highest BCUT2D eigenvalue weighted by molar-refractivity contribution is 7.25. The van der Waals surface area contributed by atoms with Crippen LogP contribution in [-0.2, 0) is 40.1 Å². The number of aromatic nitrogens is 1. The van der Waals surface area contributed by atoms with Crippen molar-refractivity contribution in [2.24, 2.45) is 17.8 Å². The molecule has 4 aliphatic heterocycles. The van der Waals surface area contributed by atoms with E-state index in [1.807, 2.05) is 37.3 Å². The molecule has 0 radical (unpaired) electrons. The largest absolute Gasteiger partial charge is 0.505 e. The molecular formula is C66H76N8O14S. The number of phenols is 1. The van der Waals surface area contributed by atoms with Crippen molar-refractivity contribution in [3.8, 4) is 17.4 Å². The van der Waals surface area contributed by atoms with Gasteiger partial charge in [-0.3, -0.25) is 38.5 Å². The maximum absolute atomic E-state index is 14.4. The molecule has 23 heteroatoms. The Morgan fingerprint density at radius 1 is 0.876 bits per heavy atom. The molecule has 89 heavy (non-hydrogen) atoms. The Balaban J connectivity index is 0.831. The van der Waals surface area contributed by atoms with Gasteiger partial charge in [0.05, 0.1) is 50.1 Å². The highest BCUT2D eigenvalue weighted by Gasteiger charge is 2.31. The quantitative estimate of drug-likeness (QED) is 0.0165. The molecule has 7 amide bonds. The lowest BCUT2D eigenvalue weighted by atomic mass is 9.92. The number of amides is 7. The van der Waals surface area contributed by atoms with Crippen LogP contribution in [-0.4, -0.2) is 123 Å². The summed E-state index contributed by atoms with van der Waals surface area (Å²) in [6, 6.07) is 11.5. The first-order valence-electron chi connectivity index (χ1n) is 30.2. The van der Waals surface area contributed by atoms with E-state index >= 15 is 0 Å². The minimum absolute atomic E-state index is 0.0276. The summed E-state index contributed by atoms with van der Waals surface area (Å²) in [6.07, 6.45) is 15.5. The van der Waals surface area contributed by atoms with Gasteiger partial charge in [-0.1, -0.05) is 70.9 Å². The number of benzene rings is 4. The predicted molar refractivity (Wildman–Crippen MR) is 341 cm³/mol. The normalized spacial score (nSPS) is 18.9. The van der Waals surface area contributed by atoms with Crippen molar-refractivity contribution in [2.75, 3.05) is 54.8 Å². The van der Waals surface area contributed by atoms with E-state index in [1.54, 1.807) is 62.1 Å². The van der Waals surface area contributed by atoms with Gasteiger partial charge in [0.25, 0.3) is 17.7 Å². The molecule has 4 atom stereocenters. The SMILES string of the molecule is C/C1=C/C=CC(C)CCCC(C)C(O)CCC=COc2oc3c(C)c(=O)c4c(O)c(c5sc6cc(N7CCN(C(=O)OCc8ccc(NC(=O)CNC(=O)C(NC(=O)CCCCCN9C(=O)C=CC9=O)C(C)C)cc8)CC7)ccc6nc5c4c3c2O)NC1=O. The van der Waals surface area contributed by atoms with E-state index in [4.69, 9.17) is 18.9 Å². The second kappa shape index (κ2) is 28.8. The third-order valence-electron chi connectivity index (χ3n) is 16.4. The fourth-order valence-electron chi connectivity index (χ4n) is 11.0. The lowest BCUT2D eigenvalue weighted by Crippen LogP contribution is -2.51. The second-order valence-electron chi connectivity index (χ2n) is 23.4. The standard InChI is InChI=1S/C66H76N8O14S/c1-37(2)55(70-48(76)19-8-7-10-28-74-50(78)26-27-51(74)79)64(84)67-35-49(77)68-43-22-20-42(21-23-43)36-87-66(85)73-31-29-72(30-32-73)44-24-25-45-47(34-44)89-62-56(69-45)52-53-58(80)41(6)61-54(52)60(82)65(88-61)86-33-11-9-18-46(75)39(4)16-12-14-38(3)15-13-17-40(5)63(83)71-57(62)59(53)81/h11,13,15,17,20-27,33-34,37-39,46,55,75,81-82H,7-10,12,14,16,18-19,28-32,35-36H2,1-6H3,(H,67,84)(H,68,77)(H,70,76)(H,71,83)/b15-13?,33-11?,40-17-. The highest BCUT2D eigenvalue weighted by Crippen LogP contribution is 2.50. The number of unbranched alkanes of at least 4 members (excludes halogenated alkanes) is 2. The van der Waals surface area contributed by atoms with Gasteiger partial charge >= 0.3 is 12.0 Å². The maximum atomic E-state index is 14.4. The number of fused-ring (bicyclic) bond motifs is 14. The number of furan rings is 1. The van der Waals surface area contributed by atoms with Gasteiger partial charge in [0.15, 0.2) is 11.2 Å². The summed E-state index contributed by atoms with van der Waals surface area (Å²) in [4.78, 5) is 114. The summed E-state index contributed by atoms with van der Waals surface area (Å²) in [5.41, 5.74) is 2.52. The molecule has 6 heterocycles. The number of rotatable bonds is 15. The summed E-state index contributed by atoms with van der Waals surface area (Å²) >= 11 is 1.23. The average molecular weight is 1240 g/mol. The van der Waals surface area contributed by atoms with Crippen LogP contribution in [0.2, 0.25) is 0 Å². The third kappa shape index (κ3) is 15.3. The Hall–Kier alpha value is -9.09. The summed E-state index contributed by atoms with van der Waals surface area (Å²) in [6.45, 7) is 12.4. The number of nitrogens with zero attached hydrogens (tertiary/aromatic N) is 4. The van der Waals surface area contributed by atoms with Gasteiger partial charge in [-0.2, -0.15) is 0 Å². The number of aliphatic hydroxyl groups is 1. The molecule has 10 rings (SSSR count). The van der Waals surface area contributed by atoms with Crippen molar-refractivity contribution < 1.29 is 62.8 Å². The van der Waals surface area contributed by atoms with E-state index < -0.39 is 52.9 Å². The van der Waals surface area contributed by atoms with E-state index in [9.17, 15) is 53.7 Å². The number of aryl methyl sites for hydroxylation is 1. The van der Waals surface area contributed by atoms with Gasteiger partial charge in [-0.05, 0) is 112 Å². The number of aromatic hydroxyl groups is 2. The van der Waals surface area contributed by atoms with Crippen molar-refractivity contribution in [3.05, 3.63) is 112 Å². The molecule has 1 fully saturated rings. The highest BCUT2D eigenvalue weighted by atomic mass is 32.1. The number of nitrogens with one attached hydrogen (secondary N) is 4. The second-order valence-corrected chi connectivity index (χ2v) is 24.4. The number of hydrogen-bond acceptors (Lipinski definition) is 17. The van der Waals surface area contributed by atoms with Crippen molar-refractivity contribution in [3.63, 3.8) is 0 Å². The van der Waals surface area contributed by atoms with Gasteiger partial charge < -0.3 is 60.3 Å². The number of aliphatic hydroxyl groups excluding tert-OH is 1. The lowest BCUT2D eigenvalue weighted by molar-refractivity contribution is -0.137. The van der Waals surface area contributed by atoms with Crippen molar-refractivity contribution >= 4 is 112 Å². The van der Waals surface area contributed by atoms with Gasteiger partial charge in [0, 0.05) is 79.2 Å². The van der Waals surface area contributed by atoms with Crippen LogP contribution in [0.4, 0.5) is 21.9 Å². The zero-order chi connectivity index (χ0) is 63.6. The summed E-state index contributed by atoms with van der Waals surface area (Å²) in [5.74, 6) is -3.73. The third-order valence-corrected chi connectivity index (χ3v) is 17.6. The molecule has 22 nitrogen and oxygen atoms in total. The smallest absolute Gasteiger partial charge is 0.410 e. The fourth-order valence-corrected chi connectivity index (χ4v) is 12.1. The Labute approximate surface area is 518 Å². The first-order valence-corrected chi connectivity index (χ1v) is 31.0. The number of anilines is 3. The number of hydrogen-bond donors (Lipinski definition) is 7. The Kier molecular flexibility index (Phi) is 20.9. The van der Waals surface area contributed by atoms with Crippen LogP contribution in [0.5, 0.6) is 17.4 Å². The van der Waals surface area contributed by atoms with Crippen LogP contribution in [0.1, 0.15) is 104 Å². The molecule has 0 aliphatic carbocycles. The monoisotopic (exact) mass is 1240 g/mol. The molecule has 6 aromatic rings. The van der Waals surface area contributed by atoms with Crippen molar-refractivity contribution in [1.82, 2.24) is 25.4 Å². The number of imide groups is 1. The molecular weight excluding hydrogens is 1160 g/mol. The summed E-state index contributed by atoms with van der Waals surface area (Å²) in [5, 5.41) is 45.9. The Bertz CT molecular complexity index is 3880. The number of ether oxygens (including phenoxy) is 2. The van der Waals surface area contributed by atoms with Gasteiger partial charge in [0.1, 0.15) is 23.9 Å². The topological polar surface area (TPSA) is 300 Å². The van der Waals surface area contributed by atoms with Gasteiger partial charge in [-0.25, -0.2) is 9.78 Å². The summed E-state index contributed by atoms with van der Waals surface area (Å²) in [7, 11) is 0. The van der Waals surface area contributed by atoms with Crippen LogP contribution < -0.4 is 36.3 Å². The average Bonchev–Trinajstić information content (AvgIpc) is 1.73. The number of carbonyl (C=O) groups is 7. The van der Waals surface area contributed by atoms with Crippen molar-refractivity contribution in [2.45, 2.75) is 118 Å². The van der Waals surface area contributed by atoms with Gasteiger partial charge in [0.2, 0.25) is 23.5 Å². The fraction of sp³-hybridized carbons (Fsp3) is 0.409. The van der Waals surface area contributed by atoms with Gasteiger partial charge in [-0.15, -0.1) is 11.3 Å².